The van der Waals surface area contributed by atoms with Gasteiger partial charge in [0.25, 0.3) is 0 Å². The first-order valence-corrected chi connectivity index (χ1v) is 9.24. The Morgan fingerprint density at radius 2 is 2.20 bits per heavy atom. The molecule has 0 saturated carbocycles. The highest BCUT2D eigenvalue weighted by Gasteiger charge is 2.16. The van der Waals surface area contributed by atoms with Crippen LogP contribution in [0.2, 0.25) is 4.34 Å². The molecule has 3 aromatic rings. The van der Waals surface area contributed by atoms with E-state index in [2.05, 4.69) is 39.3 Å². The molecule has 3 rings (SSSR count). The maximum atomic E-state index is 6.07. The normalized spacial score (nSPS) is 12.7. The predicted octanol–water partition coefficient (Wildman–Crippen LogP) is 4.84. The van der Waals surface area contributed by atoms with Crippen LogP contribution in [0.5, 0.6) is 0 Å². The predicted molar refractivity (Wildman–Crippen MR) is 89.3 cm³/mol. The summed E-state index contributed by atoms with van der Waals surface area (Å²) in [6.45, 7) is 0.905. The van der Waals surface area contributed by atoms with Gasteiger partial charge in [0, 0.05) is 28.1 Å². The minimum absolute atomic E-state index is 0.228. The molecule has 0 radical (unpaired) electrons. The lowest BCUT2D eigenvalue weighted by Gasteiger charge is -2.15. The van der Waals surface area contributed by atoms with Gasteiger partial charge in [-0.3, -0.25) is 0 Å². The number of halogens is 1. The minimum Gasteiger partial charge on any atom is -0.305 e. The summed E-state index contributed by atoms with van der Waals surface area (Å²) in [7, 11) is 0. The maximum absolute atomic E-state index is 6.07. The quantitative estimate of drug-likeness (QED) is 0.694. The maximum Gasteiger partial charge on any atom is 0.0931 e. The molecule has 0 aliphatic rings. The number of thiazole rings is 1. The van der Waals surface area contributed by atoms with E-state index in [-0.39, 0.29) is 6.04 Å². The van der Waals surface area contributed by atoms with Crippen LogP contribution in [0, 0.1) is 0 Å². The van der Waals surface area contributed by atoms with Crippen LogP contribution in [-0.4, -0.2) is 11.5 Å². The van der Waals surface area contributed by atoms with Crippen molar-refractivity contribution in [2.24, 2.45) is 0 Å². The van der Waals surface area contributed by atoms with E-state index in [1.54, 1.807) is 34.0 Å². The van der Waals surface area contributed by atoms with Gasteiger partial charge >= 0.3 is 0 Å². The molecule has 0 aliphatic carbocycles. The summed E-state index contributed by atoms with van der Waals surface area (Å²) in [4.78, 5) is 6.90. The zero-order valence-electron chi connectivity index (χ0n) is 10.6. The summed E-state index contributed by atoms with van der Waals surface area (Å²) in [6, 6.07) is 8.55. The zero-order chi connectivity index (χ0) is 13.8. The van der Waals surface area contributed by atoms with Crippen LogP contribution in [0.15, 0.2) is 40.5 Å². The number of hydrogen-bond donors (Lipinski definition) is 1. The third kappa shape index (κ3) is 3.48. The number of nitrogens with zero attached hydrogens (tertiary/aromatic N) is 1. The molecule has 20 heavy (non-hydrogen) atoms. The fraction of sp³-hybridized carbons (Fsp3) is 0.214. The lowest BCUT2D eigenvalue weighted by molar-refractivity contribution is 0.618. The summed E-state index contributed by atoms with van der Waals surface area (Å²) in [5, 5.41) is 7.83. The number of aromatic nitrogens is 1. The first-order chi connectivity index (χ1) is 9.83. The van der Waals surface area contributed by atoms with Crippen LogP contribution in [0.3, 0.4) is 0 Å². The minimum atomic E-state index is 0.228. The first-order valence-electron chi connectivity index (χ1n) is 6.22. The molecular formula is C14H13ClN2S3. The van der Waals surface area contributed by atoms with Crippen LogP contribution in [0.4, 0.5) is 0 Å². The van der Waals surface area contributed by atoms with Crippen molar-refractivity contribution in [1.82, 2.24) is 10.3 Å². The fourth-order valence-corrected chi connectivity index (χ4v) is 4.63. The van der Waals surface area contributed by atoms with Gasteiger partial charge in [-0.05, 0) is 23.6 Å². The summed E-state index contributed by atoms with van der Waals surface area (Å²) in [6.07, 6.45) is 0.949. The van der Waals surface area contributed by atoms with Gasteiger partial charge in [-0.2, -0.15) is 0 Å². The molecule has 104 valence electrons. The summed E-state index contributed by atoms with van der Waals surface area (Å²) >= 11 is 11.1. The molecule has 0 spiro atoms. The van der Waals surface area contributed by atoms with Crippen LogP contribution >= 0.6 is 45.6 Å². The Kier molecular flexibility index (Phi) is 4.86. The van der Waals surface area contributed by atoms with Gasteiger partial charge in [-0.25, -0.2) is 4.98 Å². The molecule has 0 aliphatic heterocycles. The average Bonchev–Trinajstić information content (AvgIpc) is 3.17. The van der Waals surface area contributed by atoms with Crippen LogP contribution in [0.25, 0.3) is 0 Å². The Hall–Kier alpha value is -0.720. The molecular weight excluding hydrogens is 328 g/mol. The van der Waals surface area contributed by atoms with Gasteiger partial charge in [0.15, 0.2) is 0 Å². The van der Waals surface area contributed by atoms with Crippen LogP contribution in [0.1, 0.15) is 21.5 Å². The highest BCUT2D eigenvalue weighted by atomic mass is 35.5. The summed E-state index contributed by atoms with van der Waals surface area (Å²) in [5.74, 6) is 0. The number of thiophene rings is 2. The van der Waals surface area contributed by atoms with Crippen molar-refractivity contribution < 1.29 is 0 Å². The van der Waals surface area contributed by atoms with Crippen LogP contribution < -0.4 is 5.32 Å². The lowest BCUT2D eigenvalue weighted by atomic mass is 10.2. The second kappa shape index (κ2) is 6.83. The highest BCUT2D eigenvalue weighted by molar-refractivity contribution is 7.16. The number of nitrogens with one attached hydrogen (secondary N) is 1. The van der Waals surface area contributed by atoms with Crippen molar-refractivity contribution in [3.8, 4) is 0 Å². The molecule has 1 N–H and O–H groups in total. The largest absolute Gasteiger partial charge is 0.305 e. The van der Waals surface area contributed by atoms with Crippen molar-refractivity contribution in [2.45, 2.75) is 12.5 Å². The van der Waals surface area contributed by atoms with E-state index < -0.39 is 0 Å². The standard InChI is InChI=1S/C14H13ClN2S3/c15-13-4-3-12(20-13)14(11-2-1-7-19-11)16-6-5-10-8-18-9-17-10/h1-4,7-9,14,16H,5-6H2. The molecule has 0 bridgehead atoms. The molecule has 0 saturated heterocycles. The van der Waals surface area contributed by atoms with E-state index in [1.165, 1.54) is 9.75 Å². The van der Waals surface area contributed by atoms with Crippen molar-refractivity contribution in [3.63, 3.8) is 0 Å². The smallest absolute Gasteiger partial charge is 0.0931 e. The summed E-state index contributed by atoms with van der Waals surface area (Å²) in [5.41, 5.74) is 3.03. The second-order valence-corrected chi connectivity index (χ2v) is 7.72. The Morgan fingerprint density at radius 1 is 1.25 bits per heavy atom. The molecule has 0 fully saturated rings. The molecule has 3 aromatic heterocycles. The van der Waals surface area contributed by atoms with E-state index in [0.29, 0.717) is 0 Å². The van der Waals surface area contributed by atoms with E-state index in [0.717, 1.165) is 23.0 Å². The molecule has 1 atom stereocenters. The Bertz CT molecular complexity index is 631. The molecule has 2 nitrogen and oxygen atoms in total. The SMILES string of the molecule is Clc1ccc(C(NCCc2cscn2)c2cccs2)s1. The number of rotatable bonds is 6. The topological polar surface area (TPSA) is 24.9 Å². The number of hydrogen-bond acceptors (Lipinski definition) is 5. The molecule has 0 amide bonds. The van der Waals surface area contributed by atoms with Crippen molar-refractivity contribution in [3.05, 3.63) is 60.3 Å². The van der Waals surface area contributed by atoms with Gasteiger partial charge in [-0.15, -0.1) is 34.0 Å². The third-order valence-electron chi connectivity index (χ3n) is 2.92. The van der Waals surface area contributed by atoms with Gasteiger partial charge in [-0.1, -0.05) is 17.7 Å². The first kappa shape index (κ1) is 14.2. The average molecular weight is 341 g/mol. The van der Waals surface area contributed by atoms with E-state index in [1.807, 2.05) is 11.6 Å². The molecule has 1 unspecified atom stereocenters. The summed E-state index contributed by atoms with van der Waals surface area (Å²) < 4.78 is 0.836. The molecule has 6 heteroatoms. The van der Waals surface area contributed by atoms with E-state index in [9.17, 15) is 0 Å². The van der Waals surface area contributed by atoms with Gasteiger partial charge in [0.1, 0.15) is 0 Å². The fourth-order valence-electron chi connectivity index (χ4n) is 1.99. The van der Waals surface area contributed by atoms with E-state index >= 15 is 0 Å². The Labute approximate surface area is 135 Å². The second-order valence-electron chi connectivity index (χ2n) is 4.27. The Balaban J connectivity index is 1.70. The Morgan fingerprint density at radius 3 is 2.85 bits per heavy atom. The van der Waals surface area contributed by atoms with Crippen molar-refractivity contribution in [2.75, 3.05) is 6.54 Å². The highest BCUT2D eigenvalue weighted by Crippen LogP contribution is 2.32. The molecule has 0 aromatic carbocycles. The third-order valence-corrected chi connectivity index (χ3v) is 5.79. The lowest BCUT2D eigenvalue weighted by Crippen LogP contribution is -2.23. The van der Waals surface area contributed by atoms with Gasteiger partial charge in [0.2, 0.25) is 0 Å². The zero-order valence-corrected chi connectivity index (χ0v) is 13.8. The van der Waals surface area contributed by atoms with Crippen molar-refractivity contribution in [1.29, 1.82) is 0 Å². The van der Waals surface area contributed by atoms with Crippen molar-refractivity contribution >= 4 is 45.6 Å². The van der Waals surface area contributed by atoms with Gasteiger partial charge < -0.3 is 5.32 Å². The monoisotopic (exact) mass is 340 g/mol. The van der Waals surface area contributed by atoms with E-state index in [4.69, 9.17) is 11.6 Å². The van der Waals surface area contributed by atoms with Gasteiger partial charge in [0.05, 0.1) is 21.6 Å². The van der Waals surface area contributed by atoms with Crippen LogP contribution in [-0.2, 0) is 6.42 Å². The molecule has 3 heterocycles.